The van der Waals surface area contributed by atoms with E-state index in [2.05, 4.69) is 10.3 Å². The number of nitrogens with zero attached hydrogens (tertiary/aromatic N) is 1. The first-order valence-corrected chi connectivity index (χ1v) is 4.96. The molecule has 16 heavy (non-hydrogen) atoms. The van der Waals surface area contributed by atoms with Crippen molar-refractivity contribution in [1.29, 1.82) is 0 Å². The molecule has 0 atom stereocenters. The van der Waals surface area contributed by atoms with Gasteiger partial charge in [0.1, 0.15) is 0 Å². The van der Waals surface area contributed by atoms with Crippen molar-refractivity contribution in [3.63, 3.8) is 0 Å². The van der Waals surface area contributed by atoms with E-state index in [0.29, 0.717) is 5.56 Å². The third kappa shape index (κ3) is 4.37. The first kappa shape index (κ1) is 11.9. The highest BCUT2D eigenvalue weighted by Crippen LogP contribution is 1.96. The molecule has 1 N–H and O–H groups in total. The van der Waals surface area contributed by atoms with E-state index in [4.69, 9.17) is 0 Å². The first-order chi connectivity index (χ1) is 7.84. The standard InChI is InChI=1S/C8H9NO.C5H5N/c1-9-8(10)7-5-3-2-4-6-7;1-2-4-6-5-3-1/h2-6H,1H3,(H,9,10);1-5H. The predicted octanol–water partition coefficient (Wildman–Crippen LogP) is 2.13. The zero-order chi connectivity index (χ0) is 11.6. The summed E-state index contributed by atoms with van der Waals surface area (Å²) >= 11 is 0. The van der Waals surface area contributed by atoms with E-state index in [-0.39, 0.29) is 5.91 Å². The summed E-state index contributed by atoms with van der Waals surface area (Å²) in [6.45, 7) is 0. The van der Waals surface area contributed by atoms with Crippen LogP contribution in [0.15, 0.2) is 60.9 Å². The molecule has 0 aliphatic carbocycles. The molecule has 0 unspecified atom stereocenters. The third-order valence-corrected chi connectivity index (χ3v) is 1.83. The average Bonchev–Trinajstić information content (AvgIpc) is 2.41. The minimum absolute atomic E-state index is 0.0411. The Balaban J connectivity index is 0.000000181. The van der Waals surface area contributed by atoms with Gasteiger partial charge in [-0.1, -0.05) is 24.3 Å². The van der Waals surface area contributed by atoms with Crippen molar-refractivity contribution in [2.75, 3.05) is 7.05 Å². The fraction of sp³-hybridized carbons (Fsp3) is 0.0769. The fourth-order valence-corrected chi connectivity index (χ4v) is 1.05. The van der Waals surface area contributed by atoms with Crippen molar-refractivity contribution in [3.8, 4) is 0 Å². The second-order valence-electron chi connectivity index (χ2n) is 2.97. The summed E-state index contributed by atoms with van der Waals surface area (Å²) in [5.74, 6) is -0.0411. The van der Waals surface area contributed by atoms with Crippen LogP contribution in [0.5, 0.6) is 0 Å². The van der Waals surface area contributed by atoms with Crippen LogP contribution < -0.4 is 5.32 Å². The predicted molar refractivity (Wildman–Crippen MR) is 64.1 cm³/mol. The zero-order valence-electron chi connectivity index (χ0n) is 9.13. The number of rotatable bonds is 1. The second-order valence-corrected chi connectivity index (χ2v) is 2.97. The molecule has 2 rings (SSSR count). The average molecular weight is 214 g/mol. The molecule has 3 nitrogen and oxygen atoms in total. The molecule has 1 aromatic carbocycles. The topological polar surface area (TPSA) is 42.0 Å². The van der Waals surface area contributed by atoms with Crippen LogP contribution in [-0.2, 0) is 0 Å². The molecular weight excluding hydrogens is 200 g/mol. The maximum atomic E-state index is 10.9. The summed E-state index contributed by atoms with van der Waals surface area (Å²) in [7, 11) is 1.62. The van der Waals surface area contributed by atoms with E-state index in [1.54, 1.807) is 31.6 Å². The van der Waals surface area contributed by atoms with Gasteiger partial charge >= 0.3 is 0 Å². The highest BCUT2D eigenvalue weighted by atomic mass is 16.1. The number of nitrogens with one attached hydrogen (secondary N) is 1. The minimum Gasteiger partial charge on any atom is -0.355 e. The molecule has 0 spiro atoms. The summed E-state index contributed by atoms with van der Waals surface area (Å²) in [5, 5.41) is 2.54. The van der Waals surface area contributed by atoms with Crippen LogP contribution >= 0.6 is 0 Å². The van der Waals surface area contributed by atoms with Gasteiger partial charge < -0.3 is 5.32 Å². The molecule has 0 aliphatic rings. The van der Waals surface area contributed by atoms with Gasteiger partial charge in [-0.15, -0.1) is 0 Å². The van der Waals surface area contributed by atoms with Gasteiger partial charge in [0.15, 0.2) is 0 Å². The molecule has 1 heterocycles. The fourth-order valence-electron chi connectivity index (χ4n) is 1.05. The molecule has 1 amide bonds. The van der Waals surface area contributed by atoms with E-state index in [1.165, 1.54) is 0 Å². The molecule has 2 aromatic rings. The van der Waals surface area contributed by atoms with Crippen molar-refractivity contribution in [3.05, 3.63) is 66.5 Å². The Morgan fingerprint density at radius 1 is 1.00 bits per heavy atom. The number of amides is 1. The van der Waals surface area contributed by atoms with E-state index >= 15 is 0 Å². The highest BCUT2D eigenvalue weighted by molar-refractivity contribution is 5.93. The zero-order valence-corrected chi connectivity index (χ0v) is 9.13. The number of aromatic nitrogens is 1. The van der Waals surface area contributed by atoms with Crippen molar-refractivity contribution < 1.29 is 4.79 Å². The molecule has 0 saturated carbocycles. The molecule has 3 heteroatoms. The molecule has 0 bridgehead atoms. The number of hydrogen-bond donors (Lipinski definition) is 1. The number of benzene rings is 1. The van der Waals surface area contributed by atoms with E-state index in [9.17, 15) is 4.79 Å². The van der Waals surface area contributed by atoms with Gasteiger partial charge in [-0.05, 0) is 24.3 Å². The van der Waals surface area contributed by atoms with Gasteiger partial charge in [0.2, 0.25) is 0 Å². The Kier molecular flexibility index (Phi) is 5.34. The van der Waals surface area contributed by atoms with Crippen LogP contribution in [0, 0.1) is 0 Å². The molecular formula is C13H14N2O. The van der Waals surface area contributed by atoms with Gasteiger partial charge in [-0.25, -0.2) is 0 Å². The van der Waals surface area contributed by atoms with Gasteiger partial charge in [-0.3, -0.25) is 9.78 Å². The lowest BCUT2D eigenvalue weighted by molar-refractivity contribution is 0.0963. The van der Waals surface area contributed by atoms with Crippen LogP contribution in [0.4, 0.5) is 0 Å². The SMILES string of the molecule is CNC(=O)c1ccccc1.c1ccncc1. The van der Waals surface area contributed by atoms with Gasteiger partial charge in [0.25, 0.3) is 5.91 Å². The largest absolute Gasteiger partial charge is 0.355 e. The Bertz CT molecular complexity index is 374. The maximum Gasteiger partial charge on any atom is 0.251 e. The number of carbonyl (C=O) groups excluding carboxylic acids is 1. The van der Waals surface area contributed by atoms with Crippen molar-refractivity contribution in [2.24, 2.45) is 0 Å². The number of hydrogen-bond acceptors (Lipinski definition) is 2. The lowest BCUT2D eigenvalue weighted by Crippen LogP contribution is -2.17. The van der Waals surface area contributed by atoms with Gasteiger partial charge in [-0.2, -0.15) is 0 Å². The van der Waals surface area contributed by atoms with Crippen LogP contribution in [0.25, 0.3) is 0 Å². The van der Waals surface area contributed by atoms with Crippen LogP contribution in [0.2, 0.25) is 0 Å². The van der Waals surface area contributed by atoms with Crippen molar-refractivity contribution in [2.45, 2.75) is 0 Å². The van der Waals surface area contributed by atoms with Crippen LogP contribution in [0.1, 0.15) is 10.4 Å². The Morgan fingerprint density at radius 2 is 1.56 bits per heavy atom. The molecule has 0 aliphatic heterocycles. The maximum absolute atomic E-state index is 10.9. The molecule has 0 saturated heterocycles. The van der Waals surface area contributed by atoms with E-state index in [0.717, 1.165) is 0 Å². The van der Waals surface area contributed by atoms with E-state index < -0.39 is 0 Å². The van der Waals surface area contributed by atoms with Crippen molar-refractivity contribution >= 4 is 5.91 Å². The molecule has 0 radical (unpaired) electrons. The molecule has 1 aromatic heterocycles. The first-order valence-electron chi connectivity index (χ1n) is 4.96. The Labute approximate surface area is 95.2 Å². The second kappa shape index (κ2) is 7.17. The number of carbonyl (C=O) groups is 1. The van der Waals surface area contributed by atoms with Crippen LogP contribution in [-0.4, -0.2) is 17.9 Å². The third-order valence-electron chi connectivity index (χ3n) is 1.83. The highest BCUT2D eigenvalue weighted by Gasteiger charge is 1.97. The van der Waals surface area contributed by atoms with E-state index in [1.807, 2.05) is 36.4 Å². The quantitative estimate of drug-likeness (QED) is 0.790. The summed E-state index contributed by atoms with van der Waals surface area (Å²) in [6, 6.07) is 14.8. The van der Waals surface area contributed by atoms with Gasteiger partial charge in [0, 0.05) is 25.0 Å². The monoisotopic (exact) mass is 214 g/mol. The summed E-state index contributed by atoms with van der Waals surface area (Å²) < 4.78 is 0. The summed E-state index contributed by atoms with van der Waals surface area (Å²) in [6.07, 6.45) is 3.50. The normalized spacial score (nSPS) is 8.56. The van der Waals surface area contributed by atoms with Crippen molar-refractivity contribution in [1.82, 2.24) is 10.3 Å². The van der Waals surface area contributed by atoms with Gasteiger partial charge in [0.05, 0.1) is 0 Å². The van der Waals surface area contributed by atoms with Crippen LogP contribution in [0.3, 0.4) is 0 Å². The Hall–Kier alpha value is -2.16. The molecule has 0 fully saturated rings. The lowest BCUT2D eigenvalue weighted by Gasteiger charge is -1.96. The summed E-state index contributed by atoms with van der Waals surface area (Å²) in [5.41, 5.74) is 0.699. The minimum atomic E-state index is -0.0411. The molecule has 82 valence electrons. The summed E-state index contributed by atoms with van der Waals surface area (Å²) in [4.78, 5) is 14.7. The Morgan fingerprint density at radius 3 is 1.94 bits per heavy atom. The smallest absolute Gasteiger partial charge is 0.251 e. The lowest BCUT2D eigenvalue weighted by atomic mass is 10.2. The number of pyridine rings is 1.